The van der Waals surface area contributed by atoms with Crippen LogP contribution in [0.25, 0.3) is 0 Å². The van der Waals surface area contributed by atoms with Gasteiger partial charge in [0.15, 0.2) is 0 Å². The lowest BCUT2D eigenvalue weighted by Gasteiger charge is -2.14. The number of nitrogens with one attached hydrogen (secondary N) is 1. The fourth-order valence-electron chi connectivity index (χ4n) is 4.07. The zero-order valence-electron chi connectivity index (χ0n) is 17.0. The van der Waals surface area contributed by atoms with Crippen LogP contribution in [-0.2, 0) is 17.8 Å². The minimum absolute atomic E-state index is 0.0659. The highest BCUT2D eigenvalue weighted by Gasteiger charge is 2.26. The summed E-state index contributed by atoms with van der Waals surface area (Å²) in [6, 6.07) is 18.2. The minimum Gasteiger partial charge on any atom is -0.344 e. The van der Waals surface area contributed by atoms with E-state index in [1.165, 1.54) is 5.56 Å². The zero-order valence-corrected chi connectivity index (χ0v) is 17.0. The van der Waals surface area contributed by atoms with Crippen molar-refractivity contribution in [3.63, 3.8) is 0 Å². The van der Waals surface area contributed by atoms with E-state index in [1.807, 2.05) is 62.5 Å². The van der Waals surface area contributed by atoms with Crippen LogP contribution in [0.2, 0.25) is 0 Å². The number of aliphatic imine (C=N–C) groups is 2. The van der Waals surface area contributed by atoms with Gasteiger partial charge in [-0.15, -0.1) is 0 Å². The molecule has 30 heavy (non-hydrogen) atoms. The summed E-state index contributed by atoms with van der Waals surface area (Å²) in [7, 11) is 0. The maximum atomic E-state index is 12.8. The third-order valence-electron chi connectivity index (χ3n) is 5.66. The zero-order chi connectivity index (χ0) is 20.7. The first-order valence-corrected chi connectivity index (χ1v) is 10.2. The Hall–Kier alpha value is -3.60. The van der Waals surface area contributed by atoms with Crippen molar-refractivity contribution in [3.8, 4) is 0 Å². The summed E-state index contributed by atoms with van der Waals surface area (Å²) in [6.45, 7) is 4.63. The van der Waals surface area contributed by atoms with Gasteiger partial charge < -0.3 is 5.32 Å². The molecule has 0 spiro atoms. The van der Waals surface area contributed by atoms with Gasteiger partial charge in [-0.3, -0.25) is 14.8 Å². The van der Waals surface area contributed by atoms with Crippen molar-refractivity contribution in [1.29, 1.82) is 0 Å². The molecule has 2 aliphatic rings. The molecule has 0 bridgehead atoms. The molecular weight excluding hydrogens is 372 g/mol. The summed E-state index contributed by atoms with van der Waals surface area (Å²) in [5.74, 6) is -0.110. The molecule has 5 nitrogen and oxygen atoms in total. The Labute approximate surface area is 175 Å². The van der Waals surface area contributed by atoms with Crippen LogP contribution >= 0.6 is 0 Å². The number of amides is 1. The Balaban J connectivity index is 1.38. The molecule has 0 saturated heterocycles. The number of aryl methyl sites for hydroxylation is 1. The lowest BCUT2D eigenvalue weighted by Crippen LogP contribution is -2.33. The Kier molecular flexibility index (Phi) is 4.51. The number of pyridine rings is 1. The van der Waals surface area contributed by atoms with Crippen LogP contribution in [0.3, 0.4) is 0 Å². The van der Waals surface area contributed by atoms with Crippen molar-refractivity contribution in [2.45, 2.75) is 32.9 Å². The summed E-state index contributed by atoms with van der Waals surface area (Å²) in [5.41, 5.74) is 8.90. The second-order valence-corrected chi connectivity index (χ2v) is 7.83. The quantitative estimate of drug-likeness (QED) is 0.719. The van der Waals surface area contributed by atoms with Crippen molar-refractivity contribution < 1.29 is 4.79 Å². The largest absolute Gasteiger partial charge is 0.344 e. The van der Waals surface area contributed by atoms with Crippen molar-refractivity contribution in [3.05, 3.63) is 94.3 Å². The van der Waals surface area contributed by atoms with E-state index in [4.69, 9.17) is 4.99 Å². The van der Waals surface area contributed by atoms with Crippen LogP contribution in [0, 0.1) is 6.92 Å². The summed E-state index contributed by atoms with van der Waals surface area (Å²) < 4.78 is 0. The summed E-state index contributed by atoms with van der Waals surface area (Å²) in [6.07, 6.45) is 2.37. The number of benzene rings is 2. The van der Waals surface area contributed by atoms with Gasteiger partial charge in [0.25, 0.3) is 5.91 Å². The Bertz CT molecular complexity index is 1210. The molecule has 3 aromatic rings. The second kappa shape index (κ2) is 7.34. The van der Waals surface area contributed by atoms with Gasteiger partial charge in [-0.2, -0.15) is 0 Å². The molecule has 3 heterocycles. The third kappa shape index (κ3) is 3.32. The molecule has 1 amide bonds. The van der Waals surface area contributed by atoms with Crippen LogP contribution in [0.15, 0.2) is 70.8 Å². The first-order valence-electron chi connectivity index (χ1n) is 10.2. The molecule has 5 rings (SSSR count). The molecular formula is C25H22N4O. The first-order chi connectivity index (χ1) is 14.6. The van der Waals surface area contributed by atoms with Gasteiger partial charge in [0.2, 0.25) is 0 Å². The SMILES string of the molecule is Cc1cc(C2=NCc3cc4c(cc32)N=C(C(=O)N[C@H](C)c2ccccc2)C4)ccn1. The number of nitrogens with zero attached hydrogens (tertiary/aromatic N) is 3. The number of hydrogen-bond acceptors (Lipinski definition) is 4. The molecule has 0 fully saturated rings. The smallest absolute Gasteiger partial charge is 0.266 e. The maximum absolute atomic E-state index is 12.8. The minimum atomic E-state index is -0.110. The van der Waals surface area contributed by atoms with Crippen LogP contribution in [0.4, 0.5) is 5.69 Å². The normalized spacial score (nSPS) is 15.1. The van der Waals surface area contributed by atoms with E-state index in [-0.39, 0.29) is 11.9 Å². The van der Waals surface area contributed by atoms with Crippen LogP contribution < -0.4 is 5.32 Å². The standard InChI is InChI=1S/C25H22N4O/c1-15-10-18(8-9-26-15)24-21-13-22-19(11-20(21)14-27-24)12-23(29-22)25(30)28-16(2)17-6-4-3-5-7-17/h3-11,13,16H,12,14H2,1-2H3,(H,28,30)/t16-/m1/s1. The predicted molar refractivity (Wildman–Crippen MR) is 119 cm³/mol. The molecule has 0 radical (unpaired) electrons. The van der Waals surface area contributed by atoms with Crippen LogP contribution in [0.5, 0.6) is 0 Å². The van der Waals surface area contributed by atoms with Crippen molar-refractivity contribution in [1.82, 2.24) is 10.3 Å². The average Bonchev–Trinajstić information content (AvgIpc) is 3.36. The van der Waals surface area contributed by atoms with Crippen molar-refractivity contribution in [2.24, 2.45) is 9.98 Å². The monoisotopic (exact) mass is 394 g/mol. The fraction of sp³-hybridized carbons (Fsp3) is 0.200. The van der Waals surface area contributed by atoms with Crippen molar-refractivity contribution >= 4 is 23.0 Å². The highest BCUT2D eigenvalue weighted by Crippen LogP contribution is 2.34. The Morgan fingerprint density at radius 3 is 2.70 bits per heavy atom. The number of fused-ring (bicyclic) bond motifs is 2. The lowest BCUT2D eigenvalue weighted by molar-refractivity contribution is -0.115. The summed E-state index contributed by atoms with van der Waals surface area (Å²) in [4.78, 5) is 26.5. The van der Waals surface area contributed by atoms with Crippen LogP contribution in [0.1, 0.15) is 46.5 Å². The lowest BCUT2D eigenvalue weighted by atomic mass is 9.96. The molecule has 0 aliphatic carbocycles. The second-order valence-electron chi connectivity index (χ2n) is 7.83. The average molecular weight is 394 g/mol. The molecule has 1 N–H and O–H groups in total. The van der Waals surface area contributed by atoms with E-state index >= 15 is 0 Å². The van der Waals surface area contributed by atoms with E-state index in [2.05, 4.69) is 27.4 Å². The van der Waals surface area contributed by atoms with Gasteiger partial charge in [0, 0.05) is 29.4 Å². The van der Waals surface area contributed by atoms with E-state index in [1.54, 1.807) is 0 Å². The predicted octanol–water partition coefficient (Wildman–Crippen LogP) is 4.25. The molecule has 148 valence electrons. The third-order valence-corrected chi connectivity index (χ3v) is 5.66. The van der Waals surface area contributed by atoms with Crippen molar-refractivity contribution in [2.75, 3.05) is 0 Å². The van der Waals surface area contributed by atoms with E-state index in [9.17, 15) is 4.79 Å². The van der Waals surface area contributed by atoms with E-state index < -0.39 is 0 Å². The number of carbonyl (C=O) groups excluding carboxylic acids is 1. The maximum Gasteiger partial charge on any atom is 0.266 e. The summed E-state index contributed by atoms with van der Waals surface area (Å²) >= 11 is 0. The molecule has 0 unspecified atom stereocenters. The molecule has 1 aromatic heterocycles. The molecule has 0 saturated carbocycles. The van der Waals surface area contributed by atoms with Gasteiger partial charge >= 0.3 is 0 Å². The Morgan fingerprint density at radius 2 is 1.90 bits per heavy atom. The molecule has 1 atom stereocenters. The van der Waals surface area contributed by atoms with E-state index in [0.29, 0.717) is 18.7 Å². The topological polar surface area (TPSA) is 66.7 Å². The summed E-state index contributed by atoms with van der Waals surface area (Å²) in [5, 5.41) is 3.07. The van der Waals surface area contributed by atoms with E-state index in [0.717, 1.165) is 39.3 Å². The van der Waals surface area contributed by atoms with Crippen LogP contribution in [-0.4, -0.2) is 22.3 Å². The first kappa shape index (κ1) is 18.4. The molecule has 5 heteroatoms. The molecule has 2 aliphatic heterocycles. The highest BCUT2D eigenvalue weighted by molar-refractivity contribution is 6.41. The Morgan fingerprint density at radius 1 is 1.07 bits per heavy atom. The molecule has 2 aromatic carbocycles. The fourth-order valence-corrected chi connectivity index (χ4v) is 4.07. The van der Waals surface area contributed by atoms with Gasteiger partial charge in [-0.05, 0) is 48.7 Å². The number of aromatic nitrogens is 1. The van der Waals surface area contributed by atoms with Gasteiger partial charge in [0.05, 0.1) is 24.0 Å². The van der Waals surface area contributed by atoms with Gasteiger partial charge in [-0.1, -0.05) is 36.4 Å². The van der Waals surface area contributed by atoms with Gasteiger partial charge in [0.1, 0.15) is 5.71 Å². The number of rotatable bonds is 4. The number of carbonyl (C=O) groups is 1. The number of hydrogen-bond donors (Lipinski definition) is 1. The van der Waals surface area contributed by atoms with Gasteiger partial charge in [-0.25, -0.2) is 4.99 Å². The highest BCUT2D eigenvalue weighted by atomic mass is 16.2.